The minimum Gasteiger partial charge on any atom is -0.350 e. The van der Waals surface area contributed by atoms with Crippen molar-refractivity contribution in [3.8, 4) is 0 Å². The van der Waals surface area contributed by atoms with E-state index in [1.807, 2.05) is 48.7 Å². The summed E-state index contributed by atoms with van der Waals surface area (Å²) < 4.78 is 11.1. The normalized spacial score (nSPS) is 17.2. The van der Waals surface area contributed by atoms with Crippen LogP contribution in [0.1, 0.15) is 23.6 Å². The predicted octanol–water partition coefficient (Wildman–Crippen LogP) is 3.63. The van der Waals surface area contributed by atoms with Gasteiger partial charge in [0.05, 0.1) is 13.2 Å². The van der Waals surface area contributed by atoms with Crippen LogP contribution in [0.15, 0.2) is 48.7 Å². The molecule has 0 amide bonds. The van der Waals surface area contributed by atoms with E-state index in [-0.39, 0.29) is 12.2 Å². The van der Waals surface area contributed by atoms with Crippen molar-refractivity contribution < 1.29 is 9.47 Å². The van der Waals surface area contributed by atoms with Crippen molar-refractivity contribution >= 4 is 11.6 Å². The van der Waals surface area contributed by atoms with Gasteiger partial charge in [0.15, 0.2) is 6.29 Å². The molecule has 3 rings (SSSR count). The molecule has 3 nitrogen and oxygen atoms in total. The van der Waals surface area contributed by atoms with Gasteiger partial charge in [-0.05, 0) is 29.8 Å². The van der Waals surface area contributed by atoms with Crippen LogP contribution in [0.4, 0.5) is 0 Å². The fourth-order valence-electron chi connectivity index (χ4n) is 2.44. The van der Waals surface area contributed by atoms with E-state index in [0.717, 1.165) is 17.1 Å². The maximum absolute atomic E-state index is 5.97. The predicted molar refractivity (Wildman–Crippen MR) is 77.8 cm³/mol. The molecule has 104 valence electrons. The van der Waals surface area contributed by atoms with E-state index in [9.17, 15) is 0 Å². The van der Waals surface area contributed by atoms with Crippen LogP contribution in [0, 0.1) is 0 Å². The summed E-state index contributed by atoms with van der Waals surface area (Å²) in [7, 11) is 0. The Kier molecular flexibility index (Phi) is 4.31. The Labute approximate surface area is 123 Å². The molecule has 0 aliphatic carbocycles. The summed E-state index contributed by atoms with van der Waals surface area (Å²) in [6, 6.07) is 13.8. The monoisotopic (exact) mass is 289 g/mol. The average Bonchev–Trinajstić information content (AvgIpc) is 3.00. The zero-order chi connectivity index (χ0) is 13.8. The number of nitrogens with zero attached hydrogens (tertiary/aromatic N) is 1. The number of pyridine rings is 1. The van der Waals surface area contributed by atoms with Crippen molar-refractivity contribution in [1.29, 1.82) is 0 Å². The van der Waals surface area contributed by atoms with Crippen molar-refractivity contribution in [2.45, 2.75) is 18.6 Å². The zero-order valence-corrected chi connectivity index (χ0v) is 11.8. The SMILES string of the molecule is Clc1ccc(C(CC2OCCO2)c2ccccn2)cc1. The first-order valence-corrected chi connectivity index (χ1v) is 7.10. The summed E-state index contributed by atoms with van der Waals surface area (Å²) >= 11 is 5.97. The van der Waals surface area contributed by atoms with Crippen LogP contribution in [0.2, 0.25) is 5.02 Å². The first kappa shape index (κ1) is 13.6. The van der Waals surface area contributed by atoms with Gasteiger partial charge in [0.1, 0.15) is 0 Å². The number of aromatic nitrogens is 1. The Bertz CT molecular complexity index is 538. The molecule has 20 heavy (non-hydrogen) atoms. The van der Waals surface area contributed by atoms with Gasteiger partial charge in [-0.15, -0.1) is 0 Å². The summed E-state index contributed by atoms with van der Waals surface area (Å²) in [5.74, 6) is 0.150. The highest BCUT2D eigenvalue weighted by molar-refractivity contribution is 6.30. The van der Waals surface area contributed by atoms with Gasteiger partial charge in [-0.25, -0.2) is 0 Å². The van der Waals surface area contributed by atoms with Gasteiger partial charge in [0, 0.05) is 29.3 Å². The number of rotatable bonds is 4. The van der Waals surface area contributed by atoms with E-state index in [1.165, 1.54) is 5.56 Å². The number of hydrogen-bond donors (Lipinski definition) is 0. The highest BCUT2D eigenvalue weighted by Crippen LogP contribution is 2.30. The largest absolute Gasteiger partial charge is 0.350 e. The highest BCUT2D eigenvalue weighted by Gasteiger charge is 2.24. The van der Waals surface area contributed by atoms with E-state index < -0.39 is 0 Å². The van der Waals surface area contributed by atoms with Gasteiger partial charge in [-0.2, -0.15) is 0 Å². The zero-order valence-electron chi connectivity index (χ0n) is 11.0. The van der Waals surface area contributed by atoms with Gasteiger partial charge in [-0.3, -0.25) is 4.98 Å². The lowest BCUT2D eigenvalue weighted by Gasteiger charge is -2.20. The van der Waals surface area contributed by atoms with Gasteiger partial charge >= 0.3 is 0 Å². The summed E-state index contributed by atoms with van der Waals surface area (Å²) in [6.45, 7) is 1.33. The smallest absolute Gasteiger partial charge is 0.158 e. The molecule has 0 spiro atoms. The molecule has 1 aromatic heterocycles. The fourth-order valence-corrected chi connectivity index (χ4v) is 2.57. The van der Waals surface area contributed by atoms with E-state index in [4.69, 9.17) is 21.1 Å². The number of halogens is 1. The molecule has 1 aliphatic heterocycles. The number of benzene rings is 1. The van der Waals surface area contributed by atoms with Crippen LogP contribution in [-0.4, -0.2) is 24.5 Å². The lowest BCUT2D eigenvalue weighted by molar-refractivity contribution is -0.0492. The molecule has 1 unspecified atom stereocenters. The molecule has 0 N–H and O–H groups in total. The van der Waals surface area contributed by atoms with Gasteiger partial charge in [0.2, 0.25) is 0 Å². The molecule has 2 heterocycles. The van der Waals surface area contributed by atoms with E-state index in [0.29, 0.717) is 13.2 Å². The lowest BCUT2D eigenvalue weighted by Crippen LogP contribution is -2.15. The molecular weight excluding hydrogens is 274 g/mol. The summed E-state index contributed by atoms with van der Waals surface area (Å²) in [6.07, 6.45) is 2.42. The quantitative estimate of drug-likeness (QED) is 0.861. The van der Waals surface area contributed by atoms with E-state index >= 15 is 0 Å². The molecule has 0 saturated carbocycles. The summed E-state index contributed by atoms with van der Waals surface area (Å²) in [5.41, 5.74) is 2.20. The Hall–Kier alpha value is -1.42. The van der Waals surface area contributed by atoms with Crippen LogP contribution in [0.5, 0.6) is 0 Å². The van der Waals surface area contributed by atoms with Crippen LogP contribution < -0.4 is 0 Å². The fraction of sp³-hybridized carbons (Fsp3) is 0.312. The molecule has 0 radical (unpaired) electrons. The van der Waals surface area contributed by atoms with E-state index in [2.05, 4.69) is 4.98 Å². The second kappa shape index (κ2) is 6.35. The molecule has 0 bridgehead atoms. The second-order valence-corrected chi connectivity index (χ2v) is 5.20. The third-order valence-corrected chi connectivity index (χ3v) is 3.69. The van der Waals surface area contributed by atoms with Crippen LogP contribution >= 0.6 is 11.6 Å². The average molecular weight is 290 g/mol. The number of hydrogen-bond acceptors (Lipinski definition) is 3. The topological polar surface area (TPSA) is 31.4 Å². The van der Waals surface area contributed by atoms with Crippen molar-refractivity contribution in [3.05, 3.63) is 64.9 Å². The molecule has 1 saturated heterocycles. The molecule has 1 atom stereocenters. The Morgan fingerprint density at radius 2 is 1.85 bits per heavy atom. The van der Waals surface area contributed by atoms with Gasteiger partial charge < -0.3 is 9.47 Å². The minimum absolute atomic E-state index is 0.150. The van der Waals surface area contributed by atoms with Crippen molar-refractivity contribution in [2.75, 3.05) is 13.2 Å². The molecule has 2 aromatic rings. The number of ether oxygens (including phenoxy) is 2. The maximum atomic E-state index is 5.97. The first-order chi connectivity index (χ1) is 9.83. The second-order valence-electron chi connectivity index (χ2n) is 4.77. The minimum atomic E-state index is -0.155. The maximum Gasteiger partial charge on any atom is 0.158 e. The Morgan fingerprint density at radius 3 is 2.50 bits per heavy atom. The molecule has 1 aliphatic rings. The van der Waals surface area contributed by atoms with Crippen LogP contribution in [0.25, 0.3) is 0 Å². The third kappa shape index (κ3) is 3.18. The molecular formula is C16H16ClNO2. The first-order valence-electron chi connectivity index (χ1n) is 6.72. The Balaban J connectivity index is 1.88. The van der Waals surface area contributed by atoms with Gasteiger partial charge in [-0.1, -0.05) is 29.8 Å². The standard InChI is InChI=1S/C16H16ClNO2/c17-13-6-4-12(5-7-13)14(11-16-19-9-10-20-16)15-3-1-2-8-18-15/h1-8,14,16H,9-11H2. The van der Waals surface area contributed by atoms with Crippen LogP contribution in [0.3, 0.4) is 0 Å². The molecule has 1 fully saturated rings. The summed E-state index contributed by atoms with van der Waals surface area (Å²) in [5, 5.41) is 0.738. The van der Waals surface area contributed by atoms with E-state index in [1.54, 1.807) is 0 Å². The van der Waals surface area contributed by atoms with Crippen molar-refractivity contribution in [2.24, 2.45) is 0 Å². The Morgan fingerprint density at radius 1 is 1.10 bits per heavy atom. The van der Waals surface area contributed by atoms with Crippen LogP contribution in [-0.2, 0) is 9.47 Å². The van der Waals surface area contributed by atoms with Crippen molar-refractivity contribution in [3.63, 3.8) is 0 Å². The molecule has 4 heteroatoms. The lowest BCUT2D eigenvalue weighted by atomic mass is 9.92. The third-order valence-electron chi connectivity index (χ3n) is 3.44. The van der Waals surface area contributed by atoms with Gasteiger partial charge in [0.25, 0.3) is 0 Å². The highest BCUT2D eigenvalue weighted by atomic mass is 35.5. The summed E-state index contributed by atoms with van der Waals surface area (Å²) in [4.78, 5) is 4.48. The van der Waals surface area contributed by atoms with Crippen molar-refractivity contribution in [1.82, 2.24) is 4.98 Å². The molecule has 1 aromatic carbocycles.